The molecule has 0 aromatic rings. The van der Waals surface area contributed by atoms with E-state index in [2.05, 4.69) is 15.9 Å². The Balaban J connectivity index is 2.72. The Morgan fingerprint density at radius 3 is 2.00 bits per heavy atom. The summed E-state index contributed by atoms with van der Waals surface area (Å²) in [5, 5.41) is 0. The van der Waals surface area contributed by atoms with E-state index in [1.807, 2.05) is 27.7 Å². The summed E-state index contributed by atoms with van der Waals surface area (Å²) in [6.07, 6.45) is 3.86. The summed E-state index contributed by atoms with van der Waals surface area (Å²) in [5.74, 6) is 1.27. The normalized spacial score (nSPS) is 17.1. The average molecular weight is 369 g/mol. The van der Waals surface area contributed by atoms with Crippen molar-refractivity contribution in [1.82, 2.24) is 0 Å². The summed E-state index contributed by atoms with van der Waals surface area (Å²) in [4.78, 5) is 0. The smallest absolute Gasteiger partial charge is 0.408 e. The van der Waals surface area contributed by atoms with Gasteiger partial charge >= 0.3 is 7.82 Å². The van der Waals surface area contributed by atoms with Gasteiger partial charge in [-0.1, -0.05) is 43.6 Å². The standard InChI is InChI=1S/C14H26BrO4P/c1-11(2)9-17-20(16,18-10-12(3)4)19-14-8-6-5-7-13(14)15/h11-12H,5-10H2,1-4H3. The third-order valence-electron chi connectivity index (χ3n) is 2.71. The number of halogens is 1. The molecule has 0 aliphatic heterocycles. The van der Waals surface area contributed by atoms with Gasteiger partial charge in [0.1, 0.15) is 5.76 Å². The molecule has 0 spiro atoms. The van der Waals surface area contributed by atoms with E-state index in [0.29, 0.717) is 19.0 Å². The van der Waals surface area contributed by atoms with Crippen molar-refractivity contribution in [1.29, 1.82) is 0 Å². The number of phosphoric ester groups is 1. The molecule has 20 heavy (non-hydrogen) atoms. The molecule has 1 aliphatic carbocycles. The molecule has 0 fully saturated rings. The van der Waals surface area contributed by atoms with Gasteiger partial charge in [0.25, 0.3) is 0 Å². The molecule has 0 amide bonds. The van der Waals surface area contributed by atoms with Gasteiger partial charge in [0.05, 0.1) is 13.2 Å². The van der Waals surface area contributed by atoms with Crippen LogP contribution >= 0.6 is 23.8 Å². The summed E-state index contributed by atoms with van der Waals surface area (Å²) in [7, 11) is -3.52. The minimum atomic E-state index is -3.52. The maximum atomic E-state index is 12.7. The van der Waals surface area contributed by atoms with Crippen LogP contribution in [0.1, 0.15) is 53.4 Å². The molecule has 0 saturated carbocycles. The number of hydrogen-bond donors (Lipinski definition) is 0. The Bertz CT molecular complexity index is 363. The van der Waals surface area contributed by atoms with Crippen molar-refractivity contribution in [3.05, 3.63) is 10.2 Å². The minimum absolute atomic E-state index is 0.276. The van der Waals surface area contributed by atoms with Crippen molar-refractivity contribution >= 4 is 23.8 Å². The van der Waals surface area contributed by atoms with Gasteiger partial charge in [-0.05, 0) is 31.1 Å². The Kier molecular flexibility index (Phi) is 7.81. The Labute approximate surface area is 131 Å². The lowest BCUT2D eigenvalue weighted by Gasteiger charge is -2.24. The zero-order chi connectivity index (χ0) is 15.2. The van der Waals surface area contributed by atoms with Crippen LogP contribution in [0.2, 0.25) is 0 Å². The van der Waals surface area contributed by atoms with Crippen molar-refractivity contribution in [3.63, 3.8) is 0 Å². The van der Waals surface area contributed by atoms with Crippen LogP contribution in [0.25, 0.3) is 0 Å². The summed E-state index contributed by atoms with van der Waals surface area (Å²) >= 11 is 3.49. The third kappa shape index (κ3) is 6.75. The van der Waals surface area contributed by atoms with Crippen molar-refractivity contribution in [3.8, 4) is 0 Å². The second-order valence-corrected chi connectivity index (χ2v) is 8.50. The van der Waals surface area contributed by atoms with Gasteiger partial charge in [0.2, 0.25) is 0 Å². The molecule has 0 saturated heterocycles. The summed E-state index contributed by atoms with van der Waals surface area (Å²) in [6, 6.07) is 0. The highest BCUT2D eigenvalue weighted by molar-refractivity contribution is 9.11. The zero-order valence-corrected chi connectivity index (χ0v) is 15.3. The third-order valence-corrected chi connectivity index (χ3v) is 4.92. The number of hydrogen-bond acceptors (Lipinski definition) is 4. The van der Waals surface area contributed by atoms with E-state index in [-0.39, 0.29) is 11.8 Å². The first-order valence-corrected chi connectivity index (χ1v) is 9.54. The Morgan fingerprint density at radius 1 is 1.05 bits per heavy atom. The highest BCUT2D eigenvalue weighted by Gasteiger charge is 2.31. The lowest BCUT2D eigenvalue weighted by atomic mass is 10.1. The van der Waals surface area contributed by atoms with Crippen LogP contribution in [0.3, 0.4) is 0 Å². The minimum Gasteiger partial charge on any atom is -0.408 e. The number of rotatable bonds is 8. The van der Waals surface area contributed by atoms with Gasteiger partial charge in [-0.3, -0.25) is 9.05 Å². The van der Waals surface area contributed by atoms with Crippen molar-refractivity contribution in [2.24, 2.45) is 11.8 Å². The van der Waals surface area contributed by atoms with Crippen molar-refractivity contribution in [2.75, 3.05) is 13.2 Å². The predicted molar refractivity (Wildman–Crippen MR) is 84.7 cm³/mol. The first kappa shape index (κ1) is 18.2. The fourth-order valence-electron chi connectivity index (χ4n) is 1.64. The van der Waals surface area contributed by atoms with Gasteiger partial charge in [0, 0.05) is 10.9 Å². The molecule has 118 valence electrons. The van der Waals surface area contributed by atoms with E-state index in [1.165, 1.54) is 0 Å². The molecule has 1 aliphatic rings. The molecule has 0 heterocycles. The highest BCUT2D eigenvalue weighted by Crippen LogP contribution is 2.54. The van der Waals surface area contributed by atoms with Crippen LogP contribution in [0.15, 0.2) is 10.2 Å². The van der Waals surface area contributed by atoms with E-state index >= 15 is 0 Å². The van der Waals surface area contributed by atoms with E-state index < -0.39 is 7.82 Å². The van der Waals surface area contributed by atoms with Crippen LogP contribution in [0, 0.1) is 11.8 Å². The van der Waals surface area contributed by atoms with Gasteiger partial charge < -0.3 is 4.52 Å². The first-order valence-electron chi connectivity index (χ1n) is 7.28. The highest BCUT2D eigenvalue weighted by atomic mass is 79.9. The van der Waals surface area contributed by atoms with Gasteiger partial charge in [-0.15, -0.1) is 0 Å². The maximum absolute atomic E-state index is 12.7. The van der Waals surface area contributed by atoms with E-state index in [1.54, 1.807) is 0 Å². The molecule has 4 nitrogen and oxygen atoms in total. The molecule has 0 atom stereocenters. The first-order chi connectivity index (χ1) is 9.32. The second kappa shape index (κ2) is 8.57. The van der Waals surface area contributed by atoms with Gasteiger partial charge in [-0.2, -0.15) is 0 Å². The maximum Gasteiger partial charge on any atom is 0.529 e. The zero-order valence-electron chi connectivity index (χ0n) is 12.9. The molecule has 0 unspecified atom stereocenters. The molecule has 0 N–H and O–H groups in total. The van der Waals surface area contributed by atoms with E-state index in [9.17, 15) is 4.57 Å². The quantitative estimate of drug-likeness (QED) is 0.520. The molecule has 1 rings (SSSR count). The van der Waals surface area contributed by atoms with E-state index in [4.69, 9.17) is 13.6 Å². The number of allylic oxidation sites excluding steroid dienone is 2. The van der Waals surface area contributed by atoms with Crippen LogP contribution < -0.4 is 0 Å². The molecule has 6 heteroatoms. The summed E-state index contributed by atoms with van der Waals surface area (Å²) in [5.41, 5.74) is 0. The average Bonchev–Trinajstić information content (AvgIpc) is 2.37. The molecule has 0 bridgehead atoms. The Morgan fingerprint density at radius 2 is 1.55 bits per heavy atom. The monoisotopic (exact) mass is 368 g/mol. The van der Waals surface area contributed by atoms with Crippen LogP contribution in [0.4, 0.5) is 0 Å². The SMILES string of the molecule is CC(C)COP(=O)(OCC(C)C)OC1=C(Br)CCCC1. The fourth-order valence-corrected chi connectivity index (χ4v) is 3.94. The van der Waals surface area contributed by atoms with Gasteiger partial charge in [0.15, 0.2) is 0 Å². The van der Waals surface area contributed by atoms with Crippen molar-refractivity contribution in [2.45, 2.75) is 53.4 Å². The molecule has 0 aromatic carbocycles. The molecular weight excluding hydrogens is 343 g/mol. The van der Waals surface area contributed by atoms with Gasteiger partial charge in [-0.25, -0.2) is 4.57 Å². The molecule has 0 radical (unpaired) electrons. The fraction of sp³-hybridized carbons (Fsp3) is 0.857. The number of phosphoric acid groups is 1. The van der Waals surface area contributed by atoms with Crippen LogP contribution in [-0.4, -0.2) is 13.2 Å². The largest absolute Gasteiger partial charge is 0.529 e. The Hall–Kier alpha value is 0.170. The predicted octanol–water partition coefficient (Wildman–Crippen LogP) is 5.64. The molecular formula is C14H26BrO4P. The van der Waals surface area contributed by atoms with E-state index in [0.717, 1.165) is 30.2 Å². The summed E-state index contributed by atoms with van der Waals surface area (Å²) < 4.78 is 30.2. The second-order valence-electron chi connectivity index (χ2n) is 5.95. The topological polar surface area (TPSA) is 44.8 Å². The lowest BCUT2D eigenvalue weighted by molar-refractivity contribution is 0.111. The lowest BCUT2D eigenvalue weighted by Crippen LogP contribution is -2.09. The molecule has 0 aromatic heterocycles. The van der Waals surface area contributed by atoms with Crippen molar-refractivity contribution < 1.29 is 18.1 Å². The van der Waals surface area contributed by atoms with Crippen LogP contribution in [0.5, 0.6) is 0 Å². The van der Waals surface area contributed by atoms with Crippen LogP contribution in [-0.2, 0) is 18.1 Å². The summed E-state index contributed by atoms with van der Waals surface area (Å²) in [6.45, 7) is 8.73.